The fourth-order valence-corrected chi connectivity index (χ4v) is 2.64. The van der Waals surface area contributed by atoms with E-state index in [4.69, 9.17) is 4.74 Å². The number of amides is 2. The normalized spacial score (nSPS) is 10.4. The fraction of sp³-hybridized carbons (Fsp3) is 0.350. The summed E-state index contributed by atoms with van der Waals surface area (Å²) >= 11 is 0. The predicted molar refractivity (Wildman–Crippen MR) is 104 cm³/mol. The maximum Gasteiger partial charge on any atom is 0.319 e. The third-order valence-electron chi connectivity index (χ3n) is 4.13. The van der Waals surface area contributed by atoms with Gasteiger partial charge >= 0.3 is 6.03 Å². The van der Waals surface area contributed by atoms with Crippen LogP contribution in [0.15, 0.2) is 36.4 Å². The molecule has 2 aromatic rings. The van der Waals surface area contributed by atoms with E-state index in [0.717, 1.165) is 42.2 Å². The molecule has 0 saturated heterocycles. The summed E-state index contributed by atoms with van der Waals surface area (Å²) in [6, 6.07) is 8.82. The number of hydrogen-bond acceptors (Lipinski definition) is 3. The van der Waals surface area contributed by atoms with Gasteiger partial charge in [0, 0.05) is 30.5 Å². The number of carbonyl (C=O) groups excluding carboxylic acids is 1. The summed E-state index contributed by atoms with van der Waals surface area (Å²) in [7, 11) is 0. The van der Waals surface area contributed by atoms with Gasteiger partial charge in [0.2, 0.25) is 0 Å². The van der Waals surface area contributed by atoms with Crippen molar-refractivity contribution in [3.05, 3.63) is 53.6 Å². The van der Waals surface area contributed by atoms with E-state index in [0.29, 0.717) is 0 Å². The van der Waals surface area contributed by atoms with Gasteiger partial charge in [-0.15, -0.1) is 0 Å². The van der Waals surface area contributed by atoms with Gasteiger partial charge in [-0.25, -0.2) is 13.6 Å². The first-order chi connectivity index (χ1) is 12.9. The first kappa shape index (κ1) is 20.5. The van der Waals surface area contributed by atoms with Crippen LogP contribution in [0.25, 0.3) is 0 Å². The molecular formula is C20H25F2N3O2. The Balaban J connectivity index is 1.80. The molecule has 0 saturated carbocycles. The minimum absolute atomic E-state index is 0.137. The molecule has 2 amide bonds. The average molecular weight is 377 g/mol. The lowest BCUT2D eigenvalue weighted by Gasteiger charge is -2.22. The van der Waals surface area contributed by atoms with Gasteiger partial charge in [-0.2, -0.15) is 0 Å². The first-order valence-corrected chi connectivity index (χ1v) is 8.92. The van der Waals surface area contributed by atoms with Crippen LogP contribution in [0.2, 0.25) is 0 Å². The molecule has 146 valence electrons. The summed E-state index contributed by atoms with van der Waals surface area (Å²) in [4.78, 5) is 14.2. The average Bonchev–Trinajstić information content (AvgIpc) is 2.65. The number of rotatable bonds is 8. The Morgan fingerprint density at radius 3 is 2.44 bits per heavy atom. The first-order valence-electron chi connectivity index (χ1n) is 8.92. The zero-order chi connectivity index (χ0) is 19.8. The van der Waals surface area contributed by atoms with Crippen molar-refractivity contribution >= 4 is 17.4 Å². The van der Waals surface area contributed by atoms with Crippen LogP contribution >= 0.6 is 0 Å². The molecule has 5 nitrogen and oxygen atoms in total. The van der Waals surface area contributed by atoms with Gasteiger partial charge in [0.25, 0.3) is 0 Å². The maximum atomic E-state index is 13.1. The summed E-state index contributed by atoms with van der Waals surface area (Å²) < 4.78 is 31.2. The highest BCUT2D eigenvalue weighted by molar-refractivity contribution is 5.90. The second-order valence-corrected chi connectivity index (χ2v) is 5.98. The molecule has 0 aromatic heterocycles. The second-order valence-electron chi connectivity index (χ2n) is 5.98. The lowest BCUT2D eigenvalue weighted by molar-refractivity contribution is 0.247. The molecule has 2 rings (SSSR count). The van der Waals surface area contributed by atoms with Crippen LogP contribution in [-0.4, -0.2) is 32.3 Å². The molecule has 0 radical (unpaired) electrons. The van der Waals surface area contributed by atoms with Crippen LogP contribution < -0.4 is 20.3 Å². The van der Waals surface area contributed by atoms with E-state index in [-0.39, 0.29) is 24.9 Å². The number of aryl methyl sites for hydroxylation is 1. The Hall–Kier alpha value is -2.83. The standard InChI is InChI=1S/C20H25F2N3O2/c1-4-25(5-2)15-6-9-19(14(3)12-15)24-20(26)23-10-11-27-16-7-8-17(21)18(22)13-16/h6-9,12-13H,4-5,10-11H2,1-3H3,(H2,23,24,26). The van der Waals surface area contributed by atoms with Crippen LogP contribution in [0.1, 0.15) is 19.4 Å². The fourth-order valence-electron chi connectivity index (χ4n) is 2.64. The monoisotopic (exact) mass is 377 g/mol. The van der Waals surface area contributed by atoms with Crippen molar-refractivity contribution in [3.63, 3.8) is 0 Å². The third-order valence-corrected chi connectivity index (χ3v) is 4.13. The molecule has 2 aromatic carbocycles. The maximum absolute atomic E-state index is 13.1. The number of anilines is 2. The topological polar surface area (TPSA) is 53.6 Å². The Kier molecular flexibility index (Phi) is 7.40. The van der Waals surface area contributed by atoms with Gasteiger partial charge in [-0.05, 0) is 56.7 Å². The van der Waals surface area contributed by atoms with E-state index < -0.39 is 11.6 Å². The number of halogens is 2. The van der Waals surface area contributed by atoms with Crippen LogP contribution in [0.5, 0.6) is 5.75 Å². The molecular weight excluding hydrogens is 352 g/mol. The molecule has 0 spiro atoms. The van der Waals surface area contributed by atoms with Gasteiger partial charge in [0.05, 0.1) is 6.54 Å². The molecule has 0 atom stereocenters. The SMILES string of the molecule is CCN(CC)c1ccc(NC(=O)NCCOc2ccc(F)c(F)c2)c(C)c1. The number of carbonyl (C=O) groups is 1. The van der Waals surface area contributed by atoms with Gasteiger partial charge in [-0.3, -0.25) is 0 Å². The van der Waals surface area contributed by atoms with E-state index in [1.165, 1.54) is 6.07 Å². The Morgan fingerprint density at radius 1 is 1.07 bits per heavy atom. The Labute approximate surface area is 158 Å². The van der Waals surface area contributed by atoms with Gasteiger partial charge < -0.3 is 20.3 Å². The van der Waals surface area contributed by atoms with Gasteiger partial charge in [0.1, 0.15) is 12.4 Å². The van der Waals surface area contributed by atoms with Crippen molar-refractivity contribution in [2.45, 2.75) is 20.8 Å². The van der Waals surface area contributed by atoms with Crippen molar-refractivity contribution in [2.75, 3.05) is 36.5 Å². The second kappa shape index (κ2) is 9.75. The lowest BCUT2D eigenvalue weighted by atomic mass is 10.1. The summed E-state index contributed by atoms with van der Waals surface area (Å²) in [5.74, 6) is -1.69. The molecule has 0 unspecified atom stereocenters. The van der Waals surface area contributed by atoms with E-state index >= 15 is 0 Å². The molecule has 27 heavy (non-hydrogen) atoms. The third kappa shape index (κ3) is 5.84. The van der Waals surface area contributed by atoms with Crippen molar-refractivity contribution < 1.29 is 18.3 Å². The molecule has 0 fully saturated rings. The minimum atomic E-state index is -0.971. The van der Waals surface area contributed by atoms with Gasteiger partial charge in [-0.1, -0.05) is 0 Å². The summed E-state index contributed by atoms with van der Waals surface area (Å²) in [5.41, 5.74) is 2.81. The number of hydrogen-bond donors (Lipinski definition) is 2. The van der Waals surface area contributed by atoms with E-state index in [1.807, 2.05) is 25.1 Å². The number of ether oxygens (including phenoxy) is 1. The highest BCUT2D eigenvalue weighted by atomic mass is 19.2. The number of urea groups is 1. The predicted octanol–water partition coefficient (Wildman–Crippen LogP) is 4.32. The minimum Gasteiger partial charge on any atom is -0.492 e. The lowest BCUT2D eigenvalue weighted by Crippen LogP contribution is -2.32. The van der Waals surface area contributed by atoms with Crippen molar-refractivity contribution in [3.8, 4) is 5.75 Å². The molecule has 0 bridgehead atoms. The highest BCUT2D eigenvalue weighted by Crippen LogP contribution is 2.22. The Morgan fingerprint density at radius 2 is 1.81 bits per heavy atom. The van der Waals surface area contributed by atoms with Crippen LogP contribution in [-0.2, 0) is 0 Å². The van der Waals surface area contributed by atoms with E-state index in [9.17, 15) is 13.6 Å². The zero-order valence-electron chi connectivity index (χ0n) is 15.8. The largest absolute Gasteiger partial charge is 0.492 e. The highest BCUT2D eigenvalue weighted by Gasteiger charge is 2.08. The summed E-state index contributed by atoms with van der Waals surface area (Å²) in [6.07, 6.45) is 0. The van der Waals surface area contributed by atoms with Crippen LogP contribution in [0, 0.1) is 18.6 Å². The van der Waals surface area contributed by atoms with E-state index in [2.05, 4.69) is 29.4 Å². The molecule has 7 heteroatoms. The summed E-state index contributed by atoms with van der Waals surface area (Å²) in [5, 5.41) is 5.45. The number of nitrogens with one attached hydrogen (secondary N) is 2. The number of benzene rings is 2. The van der Waals surface area contributed by atoms with E-state index in [1.54, 1.807) is 0 Å². The molecule has 0 aliphatic carbocycles. The van der Waals surface area contributed by atoms with Crippen molar-refractivity contribution in [2.24, 2.45) is 0 Å². The quantitative estimate of drug-likeness (QED) is 0.674. The zero-order valence-corrected chi connectivity index (χ0v) is 15.8. The Bertz CT molecular complexity index is 780. The van der Waals surface area contributed by atoms with Crippen molar-refractivity contribution in [1.82, 2.24) is 5.32 Å². The van der Waals surface area contributed by atoms with Crippen molar-refractivity contribution in [1.29, 1.82) is 0 Å². The van der Waals surface area contributed by atoms with Crippen LogP contribution in [0.3, 0.4) is 0 Å². The molecule has 0 aliphatic heterocycles. The van der Waals surface area contributed by atoms with Gasteiger partial charge in [0.15, 0.2) is 11.6 Å². The molecule has 0 aliphatic rings. The van der Waals surface area contributed by atoms with Crippen LogP contribution in [0.4, 0.5) is 25.0 Å². The molecule has 2 N–H and O–H groups in total. The molecule has 0 heterocycles. The number of nitrogens with zero attached hydrogens (tertiary/aromatic N) is 1. The summed E-state index contributed by atoms with van der Waals surface area (Å²) in [6.45, 7) is 8.33. The smallest absolute Gasteiger partial charge is 0.319 e.